The first kappa shape index (κ1) is 18.0. The van der Waals surface area contributed by atoms with Crippen molar-refractivity contribution in [1.82, 2.24) is 5.32 Å². The van der Waals surface area contributed by atoms with Gasteiger partial charge < -0.3 is 11.1 Å². The van der Waals surface area contributed by atoms with E-state index >= 15 is 0 Å². The molecule has 1 aromatic rings. The average Bonchev–Trinajstić information content (AvgIpc) is 2.43. The van der Waals surface area contributed by atoms with Crippen molar-refractivity contribution in [3.8, 4) is 0 Å². The van der Waals surface area contributed by atoms with E-state index in [0.717, 1.165) is 41.8 Å². The number of amides is 2. The number of benzene rings is 1. The summed E-state index contributed by atoms with van der Waals surface area (Å²) in [6.45, 7) is 3.96. The minimum Gasteiger partial charge on any atom is -0.369 e. The number of hydrogen-bond acceptors (Lipinski definition) is 2. The fraction of sp³-hybridized carbons (Fsp3) is 0.375. The van der Waals surface area contributed by atoms with Crippen LogP contribution in [0.5, 0.6) is 0 Å². The number of nitrogens with one attached hydrogen (secondary N) is 2. The van der Waals surface area contributed by atoms with Crippen molar-refractivity contribution in [1.29, 1.82) is 0 Å². The summed E-state index contributed by atoms with van der Waals surface area (Å²) in [7, 11) is 0. The van der Waals surface area contributed by atoms with Gasteiger partial charge in [0.05, 0.1) is 0 Å². The maximum absolute atomic E-state index is 11.9. The van der Waals surface area contributed by atoms with E-state index in [-0.39, 0.29) is 24.4 Å². The SMILES string of the molecule is Cc1ccc(NC(=O)NC(N)=NC2=CCCCC2)c(C)c1.Cl. The summed E-state index contributed by atoms with van der Waals surface area (Å²) < 4.78 is 0. The summed E-state index contributed by atoms with van der Waals surface area (Å²) in [5, 5.41) is 5.33. The molecule has 0 fully saturated rings. The van der Waals surface area contributed by atoms with E-state index in [1.807, 2.05) is 32.0 Å². The summed E-state index contributed by atoms with van der Waals surface area (Å²) in [5.74, 6) is 0.130. The molecule has 1 aromatic carbocycles. The molecule has 1 aliphatic carbocycles. The standard InChI is InChI=1S/C16H22N4O.ClH/c1-11-8-9-14(12(2)10-11)19-16(21)20-15(17)18-13-6-4-3-5-7-13;/h6,8-10H,3-5,7H2,1-2H3,(H4,17,18,19,20,21);1H. The van der Waals surface area contributed by atoms with E-state index in [9.17, 15) is 4.79 Å². The number of urea groups is 1. The van der Waals surface area contributed by atoms with Crippen LogP contribution in [0.3, 0.4) is 0 Å². The smallest absolute Gasteiger partial charge is 0.326 e. The fourth-order valence-corrected chi connectivity index (χ4v) is 2.33. The zero-order valence-corrected chi connectivity index (χ0v) is 13.8. The lowest BCUT2D eigenvalue weighted by Gasteiger charge is -2.12. The molecule has 2 rings (SSSR count). The van der Waals surface area contributed by atoms with Gasteiger partial charge in [0.15, 0.2) is 0 Å². The molecule has 4 N–H and O–H groups in total. The van der Waals surface area contributed by atoms with Gasteiger partial charge in [-0.3, -0.25) is 5.32 Å². The largest absolute Gasteiger partial charge is 0.369 e. The summed E-state index contributed by atoms with van der Waals surface area (Å²) in [5.41, 5.74) is 9.64. The van der Waals surface area contributed by atoms with Crippen LogP contribution < -0.4 is 16.4 Å². The first-order chi connectivity index (χ1) is 10.0. The number of guanidine groups is 1. The summed E-state index contributed by atoms with van der Waals surface area (Å²) in [6.07, 6.45) is 6.33. The highest BCUT2D eigenvalue weighted by Gasteiger charge is 2.07. The van der Waals surface area contributed by atoms with E-state index in [1.165, 1.54) is 6.42 Å². The highest BCUT2D eigenvalue weighted by molar-refractivity contribution is 6.02. The van der Waals surface area contributed by atoms with Crippen LogP contribution in [0.1, 0.15) is 36.8 Å². The minimum absolute atomic E-state index is 0. The van der Waals surface area contributed by atoms with Crippen molar-refractivity contribution < 1.29 is 4.79 Å². The van der Waals surface area contributed by atoms with Gasteiger partial charge in [0.1, 0.15) is 0 Å². The van der Waals surface area contributed by atoms with Crippen molar-refractivity contribution in [2.75, 3.05) is 5.32 Å². The zero-order chi connectivity index (χ0) is 15.2. The number of carbonyl (C=O) groups is 1. The number of hydrogen-bond donors (Lipinski definition) is 3. The molecule has 120 valence electrons. The second kappa shape index (κ2) is 8.44. The third-order valence-electron chi connectivity index (χ3n) is 3.40. The van der Waals surface area contributed by atoms with Gasteiger partial charge in [-0.25, -0.2) is 9.79 Å². The van der Waals surface area contributed by atoms with Gasteiger partial charge in [0, 0.05) is 11.4 Å². The molecule has 0 bridgehead atoms. The Kier molecular flexibility index (Phi) is 6.92. The quantitative estimate of drug-likeness (QED) is 0.574. The zero-order valence-electron chi connectivity index (χ0n) is 13.0. The number of halogens is 1. The highest BCUT2D eigenvalue weighted by Crippen LogP contribution is 2.18. The van der Waals surface area contributed by atoms with Crippen LogP contribution in [0.2, 0.25) is 0 Å². The van der Waals surface area contributed by atoms with Crippen molar-refractivity contribution >= 4 is 30.1 Å². The molecular weight excluding hydrogens is 300 g/mol. The van der Waals surface area contributed by atoms with Crippen LogP contribution in [-0.2, 0) is 0 Å². The number of nitrogens with zero attached hydrogens (tertiary/aromatic N) is 1. The minimum atomic E-state index is -0.375. The van der Waals surface area contributed by atoms with Crippen LogP contribution in [0.4, 0.5) is 10.5 Å². The Morgan fingerprint density at radius 2 is 2.05 bits per heavy atom. The Hall–Kier alpha value is -2.01. The lowest BCUT2D eigenvalue weighted by Crippen LogP contribution is -2.39. The third kappa shape index (κ3) is 5.41. The fourth-order valence-electron chi connectivity index (χ4n) is 2.33. The van der Waals surface area contributed by atoms with E-state index in [2.05, 4.69) is 21.7 Å². The summed E-state index contributed by atoms with van der Waals surface area (Å²) >= 11 is 0. The summed E-state index contributed by atoms with van der Waals surface area (Å²) in [4.78, 5) is 16.1. The highest BCUT2D eigenvalue weighted by atomic mass is 35.5. The second-order valence-corrected chi connectivity index (χ2v) is 5.34. The lowest BCUT2D eigenvalue weighted by molar-refractivity contribution is 0.256. The van der Waals surface area contributed by atoms with Crippen LogP contribution in [0.25, 0.3) is 0 Å². The number of rotatable bonds is 2. The monoisotopic (exact) mass is 322 g/mol. The average molecular weight is 323 g/mol. The van der Waals surface area contributed by atoms with Gasteiger partial charge >= 0.3 is 6.03 Å². The molecule has 0 unspecified atom stereocenters. The maximum Gasteiger partial charge on any atom is 0.326 e. The number of aryl methyl sites for hydroxylation is 2. The number of nitrogens with two attached hydrogens (primary N) is 1. The van der Waals surface area contributed by atoms with Gasteiger partial charge in [-0.15, -0.1) is 12.4 Å². The van der Waals surface area contributed by atoms with Gasteiger partial charge in [0.2, 0.25) is 5.96 Å². The first-order valence-corrected chi connectivity index (χ1v) is 7.23. The molecule has 5 nitrogen and oxygen atoms in total. The molecule has 0 heterocycles. The molecule has 2 amide bonds. The predicted octanol–water partition coefficient (Wildman–Crippen LogP) is 3.62. The van der Waals surface area contributed by atoms with Crippen molar-refractivity contribution in [3.63, 3.8) is 0 Å². The van der Waals surface area contributed by atoms with Gasteiger partial charge in [-0.05, 0) is 51.2 Å². The topological polar surface area (TPSA) is 79.5 Å². The number of carbonyl (C=O) groups excluding carboxylic acids is 1. The predicted molar refractivity (Wildman–Crippen MR) is 93.5 cm³/mol. The molecule has 0 spiro atoms. The van der Waals surface area contributed by atoms with Crippen LogP contribution in [-0.4, -0.2) is 12.0 Å². The first-order valence-electron chi connectivity index (χ1n) is 7.23. The number of allylic oxidation sites excluding steroid dienone is 2. The lowest BCUT2D eigenvalue weighted by atomic mass is 10.1. The van der Waals surface area contributed by atoms with Crippen molar-refractivity contribution in [2.45, 2.75) is 39.5 Å². The van der Waals surface area contributed by atoms with E-state index in [0.29, 0.717) is 0 Å². The van der Waals surface area contributed by atoms with Gasteiger partial charge in [-0.2, -0.15) is 0 Å². The van der Waals surface area contributed by atoms with Crippen LogP contribution in [0, 0.1) is 13.8 Å². The van der Waals surface area contributed by atoms with E-state index in [4.69, 9.17) is 5.73 Å². The molecule has 6 heteroatoms. The molecule has 22 heavy (non-hydrogen) atoms. The third-order valence-corrected chi connectivity index (χ3v) is 3.40. The van der Waals surface area contributed by atoms with Crippen molar-refractivity contribution in [2.24, 2.45) is 10.7 Å². The molecule has 1 aliphatic rings. The molecule has 0 aromatic heterocycles. The Bertz CT molecular complexity index is 596. The Labute approximate surface area is 137 Å². The van der Waals surface area contributed by atoms with Gasteiger partial charge in [-0.1, -0.05) is 23.8 Å². The molecular formula is C16H23ClN4O. The molecule has 0 radical (unpaired) electrons. The second-order valence-electron chi connectivity index (χ2n) is 5.34. The van der Waals surface area contributed by atoms with Crippen LogP contribution >= 0.6 is 12.4 Å². The van der Waals surface area contributed by atoms with Crippen LogP contribution in [0.15, 0.2) is 35.0 Å². The molecule has 0 saturated carbocycles. The Balaban J connectivity index is 0.00000242. The summed E-state index contributed by atoms with van der Waals surface area (Å²) in [6, 6.07) is 5.47. The Morgan fingerprint density at radius 3 is 2.68 bits per heavy atom. The molecule has 0 aliphatic heterocycles. The molecule has 0 atom stereocenters. The number of aliphatic imine (C=N–C) groups is 1. The van der Waals surface area contributed by atoms with Gasteiger partial charge in [0.25, 0.3) is 0 Å². The normalized spacial score (nSPS) is 14.6. The molecule has 0 saturated heterocycles. The van der Waals surface area contributed by atoms with Crippen molar-refractivity contribution in [3.05, 3.63) is 41.1 Å². The Morgan fingerprint density at radius 1 is 1.27 bits per heavy atom. The van der Waals surface area contributed by atoms with E-state index < -0.39 is 0 Å². The van der Waals surface area contributed by atoms with E-state index in [1.54, 1.807) is 0 Å². The maximum atomic E-state index is 11.9. The number of anilines is 1.